The first-order valence-electron chi connectivity index (χ1n) is 10.2. The van der Waals surface area contributed by atoms with Gasteiger partial charge in [-0.05, 0) is 63.3 Å². The van der Waals surface area contributed by atoms with Crippen molar-refractivity contribution in [3.05, 3.63) is 46.2 Å². The monoisotopic (exact) mass is 547 g/mol. The first kappa shape index (κ1) is 26.5. The van der Waals surface area contributed by atoms with Crippen molar-refractivity contribution in [2.75, 3.05) is 32.8 Å². The molecule has 8 heteroatoms. The second kappa shape index (κ2) is 13.7. The molecule has 0 bridgehead atoms. The van der Waals surface area contributed by atoms with E-state index in [4.69, 9.17) is 9.47 Å². The topological polar surface area (TPSA) is 75.1 Å². The molecule has 6 nitrogen and oxygen atoms in total. The van der Waals surface area contributed by atoms with Crippen molar-refractivity contribution >= 4 is 41.3 Å². The van der Waals surface area contributed by atoms with Crippen LogP contribution in [0.3, 0.4) is 0 Å². The molecular weight excluding hydrogens is 513 g/mol. The highest BCUT2D eigenvalue weighted by Crippen LogP contribution is 2.28. The number of hydrogen-bond donors (Lipinski definition) is 3. The molecule has 2 aromatic rings. The van der Waals surface area contributed by atoms with Gasteiger partial charge in [-0.25, -0.2) is 4.99 Å². The molecular formula is C22H34IN3O3S. The summed E-state index contributed by atoms with van der Waals surface area (Å²) >= 11 is 1.54. The Morgan fingerprint density at radius 2 is 1.83 bits per heavy atom. The lowest BCUT2D eigenvalue weighted by atomic mass is 10.1. The summed E-state index contributed by atoms with van der Waals surface area (Å²) in [5.41, 5.74) is 0.184. The maximum atomic E-state index is 10.7. The van der Waals surface area contributed by atoms with Crippen molar-refractivity contribution in [3.63, 3.8) is 0 Å². The summed E-state index contributed by atoms with van der Waals surface area (Å²) in [4.78, 5) is 5.48. The summed E-state index contributed by atoms with van der Waals surface area (Å²) in [6.07, 6.45) is 0.818. The van der Waals surface area contributed by atoms with Gasteiger partial charge < -0.3 is 25.2 Å². The van der Waals surface area contributed by atoms with E-state index in [0.717, 1.165) is 34.9 Å². The molecule has 3 N–H and O–H groups in total. The lowest BCUT2D eigenvalue weighted by Crippen LogP contribution is -2.39. The third kappa shape index (κ3) is 8.31. The van der Waals surface area contributed by atoms with Crippen LogP contribution in [-0.2, 0) is 12.0 Å². The van der Waals surface area contributed by atoms with Crippen LogP contribution in [0.2, 0.25) is 0 Å². The Balaban J connectivity index is 0.00000450. The van der Waals surface area contributed by atoms with E-state index in [-0.39, 0.29) is 24.0 Å². The van der Waals surface area contributed by atoms with Gasteiger partial charge in [0.2, 0.25) is 0 Å². The smallest absolute Gasteiger partial charge is 0.191 e. The third-order valence-electron chi connectivity index (χ3n) is 4.26. The highest BCUT2D eigenvalue weighted by atomic mass is 127. The molecule has 1 unspecified atom stereocenters. The van der Waals surface area contributed by atoms with Crippen LogP contribution in [0.25, 0.3) is 0 Å². The molecule has 1 aromatic carbocycles. The first-order valence-corrected chi connectivity index (χ1v) is 11.0. The van der Waals surface area contributed by atoms with Crippen molar-refractivity contribution in [3.8, 4) is 11.5 Å². The van der Waals surface area contributed by atoms with E-state index in [0.29, 0.717) is 32.3 Å². The maximum Gasteiger partial charge on any atom is 0.191 e. The average Bonchev–Trinajstić information content (AvgIpc) is 3.24. The summed E-state index contributed by atoms with van der Waals surface area (Å²) < 4.78 is 11.3. The molecule has 0 radical (unpaired) electrons. The summed E-state index contributed by atoms with van der Waals surface area (Å²) in [7, 11) is 0. The highest BCUT2D eigenvalue weighted by Gasteiger charge is 2.23. The quantitative estimate of drug-likeness (QED) is 0.224. The Labute approximate surface area is 201 Å². The number of aliphatic imine (C=N–C) groups is 1. The summed E-state index contributed by atoms with van der Waals surface area (Å²) in [6, 6.07) is 9.92. The van der Waals surface area contributed by atoms with Gasteiger partial charge in [-0.2, -0.15) is 0 Å². The van der Waals surface area contributed by atoms with Crippen molar-refractivity contribution < 1.29 is 14.6 Å². The molecule has 30 heavy (non-hydrogen) atoms. The third-order valence-corrected chi connectivity index (χ3v) is 5.38. The molecule has 1 aromatic heterocycles. The number of nitrogens with zero attached hydrogens (tertiary/aromatic N) is 1. The molecule has 0 amide bonds. The summed E-state index contributed by atoms with van der Waals surface area (Å²) in [5, 5.41) is 19.2. The minimum atomic E-state index is -0.974. The number of ether oxygens (including phenoxy) is 2. The number of nitrogens with one attached hydrogen (secondary N) is 2. The van der Waals surface area contributed by atoms with Gasteiger partial charge in [0.15, 0.2) is 17.5 Å². The van der Waals surface area contributed by atoms with Crippen LogP contribution in [0.15, 0.2) is 40.7 Å². The van der Waals surface area contributed by atoms with Crippen LogP contribution in [0, 0.1) is 0 Å². The molecule has 1 heterocycles. The minimum absolute atomic E-state index is 0. The molecule has 1 atom stereocenters. The zero-order chi connectivity index (χ0) is 21.1. The van der Waals surface area contributed by atoms with Gasteiger partial charge in [-0.15, -0.1) is 35.3 Å². The number of halogens is 1. The molecule has 0 fully saturated rings. The number of rotatable bonds is 11. The molecule has 0 aliphatic heterocycles. The molecule has 0 spiro atoms. The van der Waals surface area contributed by atoms with Gasteiger partial charge >= 0.3 is 0 Å². The van der Waals surface area contributed by atoms with Gasteiger partial charge in [0.1, 0.15) is 5.60 Å². The van der Waals surface area contributed by atoms with Crippen LogP contribution in [0.4, 0.5) is 0 Å². The number of aliphatic hydroxyl groups is 1. The zero-order valence-corrected chi connectivity index (χ0v) is 21.4. The van der Waals surface area contributed by atoms with E-state index in [2.05, 4.69) is 21.7 Å². The van der Waals surface area contributed by atoms with E-state index in [1.807, 2.05) is 50.4 Å². The van der Waals surface area contributed by atoms with Crippen molar-refractivity contribution in [2.24, 2.45) is 4.99 Å². The number of hydrogen-bond acceptors (Lipinski definition) is 5. The molecule has 0 aliphatic carbocycles. The fraction of sp³-hybridized carbons (Fsp3) is 0.500. The number of thiophene rings is 1. The van der Waals surface area contributed by atoms with E-state index >= 15 is 0 Å². The van der Waals surface area contributed by atoms with Crippen LogP contribution < -0.4 is 20.1 Å². The number of guanidine groups is 1. The highest BCUT2D eigenvalue weighted by molar-refractivity contribution is 14.0. The Kier molecular flexibility index (Phi) is 12.1. The zero-order valence-electron chi connectivity index (χ0n) is 18.2. The fourth-order valence-electron chi connectivity index (χ4n) is 2.81. The normalized spacial score (nSPS) is 13.2. The summed E-state index contributed by atoms with van der Waals surface area (Å²) in [6.45, 7) is 10.7. The Morgan fingerprint density at radius 3 is 2.47 bits per heavy atom. The van der Waals surface area contributed by atoms with Crippen molar-refractivity contribution in [1.29, 1.82) is 0 Å². The Bertz CT molecular complexity index is 767. The minimum Gasteiger partial charge on any atom is -0.490 e. The lowest BCUT2D eigenvalue weighted by Gasteiger charge is -2.20. The Hall–Kier alpha value is -1.52. The van der Waals surface area contributed by atoms with Gasteiger partial charge in [-0.1, -0.05) is 12.1 Å². The fourth-order valence-corrected chi connectivity index (χ4v) is 3.59. The molecule has 0 saturated carbocycles. The predicted molar refractivity (Wildman–Crippen MR) is 136 cm³/mol. The van der Waals surface area contributed by atoms with Crippen molar-refractivity contribution in [2.45, 2.75) is 39.7 Å². The largest absolute Gasteiger partial charge is 0.490 e. The van der Waals surface area contributed by atoms with Gasteiger partial charge in [0.25, 0.3) is 0 Å². The maximum absolute atomic E-state index is 10.7. The summed E-state index contributed by atoms with van der Waals surface area (Å²) in [5.74, 6) is 2.25. The van der Waals surface area contributed by atoms with Gasteiger partial charge in [-0.3, -0.25) is 0 Å². The standard InChI is InChI=1S/C22H33N3O3S.HI/c1-5-23-21(25-16-22(4,26)20-9-8-14-29-20)24-13-12-17-10-11-18(27-6-2)19(15-17)28-7-3;/h8-11,14-15,26H,5-7,12-13,16H2,1-4H3,(H2,23,24,25);1H. The molecule has 168 valence electrons. The van der Waals surface area contributed by atoms with Crippen molar-refractivity contribution in [1.82, 2.24) is 10.6 Å². The lowest BCUT2D eigenvalue weighted by molar-refractivity contribution is 0.0711. The number of benzene rings is 1. The van der Waals surface area contributed by atoms with Crippen LogP contribution in [0.5, 0.6) is 11.5 Å². The second-order valence-corrected chi connectivity index (χ2v) is 7.72. The van der Waals surface area contributed by atoms with E-state index in [1.54, 1.807) is 6.92 Å². The van der Waals surface area contributed by atoms with Crippen LogP contribution in [0.1, 0.15) is 38.1 Å². The van der Waals surface area contributed by atoms with Crippen LogP contribution >= 0.6 is 35.3 Å². The van der Waals surface area contributed by atoms with E-state index in [9.17, 15) is 5.11 Å². The van der Waals surface area contributed by atoms with Crippen LogP contribution in [-0.4, -0.2) is 43.9 Å². The molecule has 0 saturated heterocycles. The van der Waals surface area contributed by atoms with E-state index in [1.165, 1.54) is 11.3 Å². The van der Waals surface area contributed by atoms with Gasteiger partial charge in [0.05, 0.1) is 19.8 Å². The average molecular weight is 548 g/mol. The SMILES string of the molecule is CCNC(=NCC(C)(O)c1cccs1)NCCc1ccc(OCC)c(OCC)c1.I. The van der Waals surface area contributed by atoms with Gasteiger partial charge in [0, 0.05) is 18.0 Å². The molecule has 2 rings (SSSR count). The second-order valence-electron chi connectivity index (χ2n) is 6.77. The van der Waals surface area contributed by atoms with E-state index < -0.39 is 5.60 Å². The molecule has 0 aliphatic rings. The predicted octanol–water partition coefficient (Wildman–Crippen LogP) is 4.17. The first-order chi connectivity index (χ1) is 14.0. The Morgan fingerprint density at radius 1 is 1.10 bits per heavy atom.